The zero-order valence-corrected chi connectivity index (χ0v) is 25.0. The van der Waals surface area contributed by atoms with Crippen molar-refractivity contribution < 1.29 is 22.7 Å². The summed E-state index contributed by atoms with van der Waals surface area (Å²) in [5.74, 6) is 1.25. The minimum Gasteiger partial charge on any atom is -0.379 e. The van der Waals surface area contributed by atoms with Crippen LogP contribution in [0.15, 0.2) is 29.3 Å². The van der Waals surface area contributed by atoms with E-state index < -0.39 is 23.1 Å². The maximum absolute atomic E-state index is 14.4. The third kappa shape index (κ3) is 6.07. The van der Waals surface area contributed by atoms with E-state index in [-0.39, 0.29) is 23.5 Å². The Hall–Kier alpha value is -2.96. The molecule has 42 heavy (non-hydrogen) atoms. The fourth-order valence-electron chi connectivity index (χ4n) is 6.09. The molecule has 226 valence electrons. The van der Waals surface area contributed by atoms with Crippen LogP contribution in [0.3, 0.4) is 0 Å². The van der Waals surface area contributed by atoms with Crippen molar-refractivity contribution in [3.05, 3.63) is 52.1 Å². The van der Waals surface area contributed by atoms with E-state index in [2.05, 4.69) is 11.8 Å². The number of carbonyl (C=O) groups is 1. The number of likely N-dealkylation sites (tertiary alicyclic amines) is 1. The van der Waals surface area contributed by atoms with Gasteiger partial charge in [0.15, 0.2) is 0 Å². The zero-order chi connectivity index (χ0) is 30.2. The average molecular weight is 603 g/mol. The topological polar surface area (TPSA) is 96.6 Å². The maximum Gasteiger partial charge on any atom is 0.416 e. The van der Waals surface area contributed by atoms with Gasteiger partial charge in [-0.15, -0.1) is 11.8 Å². The number of fused-ring (bicyclic) bond motifs is 1. The molecule has 0 saturated carbocycles. The SMILES string of the molecule is CCSc1cc(C2(CC(=N)N(C)C=N)COC2)cc(N2Cc3c(cc(CN4CCC[C@H](C)C4)cc3C(F)(F)F)C2=O)n1. The number of pyridine rings is 1. The summed E-state index contributed by atoms with van der Waals surface area (Å²) >= 11 is 1.48. The number of halogens is 3. The van der Waals surface area contributed by atoms with Crippen molar-refractivity contribution in [3.8, 4) is 0 Å². The van der Waals surface area contributed by atoms with Gasteiger partial charge in [-0.1, -0.05) is 13.8 Å². The van der Waals surface area contributed by atoms with Gasteiger partial charge < -0.3 is 9.64 Å². The first-order valence-corrected chi connectivity index (χ1v) is 15.2. The van der Waals surface area contributed by atoms with E-state index >= 15 is 0 Å². The summed E-state index contributed by atoms with van der Waals surface area (Å²) in [5.41, 5.74) is 0.0585. The van der Waals surface area contributed by atoms with Crippen LogP contribution in [0.1, 0.15) is 65.7 Å². The van der Waals surface area contributed by atoms with Gasteiger partial charge in [-0.2, -0.15) is 13.2 Å². The Morgan fingerprint density at radius 3 is 2.67 bits per heavy atom. The molecule has 3 aliphatic heterocycles. The molecule has 0 bridgehead atoms. The van der Waals surface area contributed by atoms with E-state index in [4.69, 9.17) is 20.5 Å². The Balaban J connectivity index is 1.51. The van der Waals surface area contributed by atoms with Crippen LogP contribution in [0, 0.1) is 16.7 Å². The van der Waals surface area contributed by atoms with Gasteiger partial charge in [0, 0.05) is 37.5 Å². The lowest BCUT2D eigenvalue weighted by Gasteiger charge is -2.43. The first kappa shape index (κ1) is 30.5. The Morgan fingerprint density at radius 1 is 1.29 bits per heavy atom. The number of thioether (sulfide) groups is 1. The molecular weight excluding hydrogens is 565 g/mol. The fraction of sp³-hybridized carbons (Fsp3) is 0.533. The number of anilines is 1. The number of carbonyl (C=O) groups excluding carboxylic acids is 1. The van der Waals surface area contributed by atoms with Crippen molar-refractivity contribution in [2.24, 2.45) is 5.92 Å². The third-order valence-electron chi connectivity index (χ3n) is 8.41. The number of benzene rings is 1. The van der Waals surface area contributed by atoms with Crippen LogP contribution < -0.4 is 4.90 Å². The molecule has 0 spiro atoms. The number of rotatable bonds is 9. The first-order valence-electron chi connectivity index (χ1n) is 14.2. The number of hydrogen-bond donors (Lipinski definition) is 2. The van der Waals surface area contributed by atoms with Crippen LogP contribution in [0.2, 0.25) is 0 Å². The van der Waals surface area contributed by atoms with Crippen LogP contribution in [0.5, 0.6) is 0 Å². The molecule has 1 amide bonds. The van der Waals surface area contributed by atoms with Crippen LogP contribution in [-0.4, -0.2) is 72.0 Å². The second-order valence-corrected chi connectivity index (χ2v) is 12.9. The third-order valence-corrected chi connectivity index (χ3v) is 9.20. The Bertz CT molecular complexity index is 1380. The Morgan fingerprint density at radius 2 is 2.05 bits per heavy atom. The molecule has 1 atom stereocenters. The lowest BCUT2D eigenvalue weighted by molar-refractivity contribution is -0.138. The summed E-state index contributed by atoms with van der Waals surface area (Å²) in [5, 5.41) is 16.6. The van der Waals surface area contributed by atoms with Gasteiger partial charge in [-0.05, 0) is 72.0 Å². The normalized spacial score (nSPS) is 20.3. The molecule has 0 radical (unpaired) electrons. The number of nitrogens with one attached hydrogen (secondary N) is 2. The molecule has 12 heteroatoms. The minimum atomic E-state index is -4.60. The molecule has 2 aromatic rings. The van der Waals surface area contributed by atoms with Crippen molar-refractivity contribution >= 4 is 35.7 Å². The highest BCUT2D eigenvalue weighted by Crippen LogP contribution is 2.42. The lowest BCUT2D eigenvalue weighted by atomic mass is 9.75. The van der Waals surface area contributed by atoms with E-state index in [9.17, 15) is 18.0 Å². The molecule has 1 aromatic heterocycles. The molecule has 8 nitrogen and oxygen atoms in total. The smallest absolute Gasteiger partial charge is 0.379 e. The van der Waals surface area contributed by atoms with Crippen molar-refractivity contribution in [2.75, 3.05) is 44.0 Å². The second-order valence-electron chi connectivity index (χ2n) is 11.7. The van der Waals surface area contributed by atoms with Gasteiger partial charge in [0.1, 0.15) is 11.7 Å². The molecule has 3 aliphatic rings. The largest absolute Gasteiger partial charge is 0.416 e. The van der Waals surface area contributed by atoms with E-state index in [1.807, 2.05) is 13.0 Å². The predicted molar refractivity (Wildman–Crippen MR) is 158 cm³/mol. The molecule has 5 rings (SSSR count). The summed E-state index contributed by atoms with van der Waals surface area (Å²) < 4.78 is 48.6. The molecule has 4 heterocycles. The van der Waals surface area contributed by atoms with Crippen molar-refractivity contribution in [3.63, 3.8) is 0 Å². The molecule has 1 aromatic carbocycles. The molecule has 2 saturated heterocycles. The Kier molecular flexibility index (Phi) is 8.69. The number of alkyl halides is 3. The number of amidine groups is 1. The van der Waals surface area contributed by atoms with Crippen molar-refractivity contribution in [2.45, 2.75) is 62.8 Å². The molecule has 2 fully saturated rings. The molecule has 2 N–H and O–H groups in total. The number of aromatic nitrogens is 1. The average Bonchev–Trinajstić information content (AvgIpc) is 3.25. The monoisotopic (exact) mass is 602 g/mol. The number of nitrogens with zero attached hydrogens (tertiary/aromatic N) is 4. The number of ether oxygens (including phenoxy) is 1. The summed E-state index contributed by atoms with van der Waals surface area (Å²) in [7, 11) is 1.64. The van der Waals surface area contributed by atoms with Gasteiger partial charge in [-0.3, -0.25) is 25.4 Å². The highest BCUT2D eigenvalue weighted by Gasteiger charge is 2.44. The highest BCUT2D eigenvalue weighted by atomic mass is 32.2. The van der Waals surface area contributed by atoms with Crippen molar-refractivity contribution in [1.82, 2.24) is 14.8 Å². The number of hydrogen-bond acceptors (Lipinski definition) is 7. The molecular formula is C30H37F3N6O2S. The van der Waals surface area contributed by atoms with E-state index in [1.54, 1.807) is 19.2 Å². The van der Waals surface area contributed by atoms with Crippen LogP contribution in [-0.2, 0) is 29.4 Å². The highest BCUT2D eigenvalue weighted by molar-refractivity contribution is 7.99. The van der Waals surface area contributed by atoms with Gasteiger partial charge >= 0.3 is 6.18 Å². The molecule has 0 unspecified atom stereocenters. The summed E-state index contributed by atoms with van der Waals surface area (Å²) in [6, 6.07) is 6.52. The number of amides is 1. The number of piperidine rings is 1. The van der Waals surface area contributed by atoms with E-state index in [0.29, 0.717) is 48.5 Å². The fourth-order valence-corrected chi connectivity index (χ4v) is 6.75. The lowest BCUT2D eigenvalue weighted by Crippen LogP contribution is -2.50. The van der Waals surface area contributed by atoms with Gasteiger partial charge in [0.25, 0.3) is 5.91 Å². The zero-order valence-electron chi connectivity index (χ0n) is 24.2. The minimum absolute atomic E-state index is 0.0174. The maximum atomic E-state index is 14.4. The second kappa shape index (κ2) is 12.0. The van der Waals surface area contributed by atoms with Gasteiger partial charge in [0.05, 0.1) is 36.7 Å². The summed E-state index contributed by atoms with van der Waals surface area (Å²) in [6.45, 7) is 6.65. The van der Waals surface area contributed by atoms with Crippen LogP contribution in [0.4, 0.5) is 19.0 Å². The first-order chi connectivity index (χ1) is 19.9. The van der Waals surface area contributed by atoms with Gasteiger partial charge in [0.2, 0.25) is 0 Å². The van der Waals surface area contributed by atoms with Crippen LogP contribution >= 0.6 is 11.8 Å². The summed E-state index contributed by atoms with van der Waals surface area (Å²) in [4.78, 5) is 23.4. The predicted octanol–water partition coefficient (Wildman–Crippen LogP) is 5.78. The summed E-state index contributed by atoms with van der Waals surface area (Å²) in [6.07, 6.45) is -1.10. The standard InChI is InChI=1S/C30H37F3N6O2S/c1-4-42-27-11-21(29(16-41-17-29)12-25(35)37(3)18-34)10-26(36-27)39-15-23-22(28(39)40)8-20(9-24(23)30(31,32)33)14-38-7-5-6-19(2)13-38/h8-11,18-19,34-35H,4-7,12-17H2,1-3H3/t19-/m0/s1. The van der Waals surface area contributed by atoms with E-state index in [1.165, 1.54) is 27.6 Å². The van der Waals surface area contributed by atoms with Gasteiger partial charge in [-0.25, -0.2) is 4.98 Å². The Labute approximate surface area is 248 Å². The van der Waals surface area contributed by atoms with Crippen LogP contribution in [0.25, 0.3) is 0 Å². The van der Waals surface area contributed by atoms with Crippen molar-refractivity contribution in [1.29, 1.82) is 10.8 Å². The van der Waals surface area contributed by atoms with E-state index in [0.717, 1.165) is 43.6 Å². The molecule has 0 aliphatic carbocycles. The quantitative estimate of drug-likeness (QED) is 0.215.